The molecule has 7 heteroatoms. The second-order valence-electron chi connectivity index (χ2n) is 8.63. The van der Waals surface area contributed by atoms with Gasteiger partial charge in [-0.25, -0.2) is 4.79 Å². The number of imide groups is 1. The predicted molar refractivity (Wildman–Crippen MR) is 126 cm³/mol. The van der Waals surface area contributed by atoms with Gasteiger partial charge in [-0.2, -0.15) is 4.99 Å². The summed E-state index contributed by atoms with van der Waals surface area (Å²) in [7, 11) is 1.55. The number of methoxy groups -OCH3 is 1. The van der Waals surface area contributed by atoms with Crippen molar-refractivity contribution in [3.05, 3.63) is 65.7 Å². The Hall–Kier alpha value is -3.48. The SMILES string of the molecule is CCC1=NC(=O)N(C2CCC(CNC(=O)c3ccccc3OC)(c3ccccc3)CC2)C1=O. The minimum Gasteiger partial charge on any atom is -0.496 e. The van der Waals surface area contributed by atoms with Crippen LogP contribution in [0.4, 0.5) is 4.79 Å². The standard InChI is InChI=1S/C26H29N3O4/c1-3-21-24(31)29(25(32)28-21)19-13-15-26(16-14-19,18-9-5-4-6-10-18)17-27-23(30)20-11-7-8-12-22(20)33-2/h4-12,19H,3,13-17H2,1-2H3,(H,27,30). The molecule has 1 heterocycles. The van der Waals surface area contributed by atoms with Crippen LogP contribution in [0, 0.1) is 0 Å². The summed E-state index contributed by atoms with van der Waals surface area (Å²) >= 11 is 0. The van der Waals surface area contributed by atoms with E-state index in [1.54, 1.807) is 19.2 Å². The number of benzene rings is 2. The fraction of sp³-hybridized carbons (Fsp3) is 0.385. The topological polar surface area (TPSA) is 88.1 Å². The molecular weight excluding hydrogens is 418 g/mol. The van der Waals surface area contributed by atoms with Gasteiger partial charge in [-0.1, -0.05) is 49.4 Å². The first-order valence-corrected chi connectivity index (χ1v) is 11.4. The van der Waals surface area contributed by atoms with Gasteiger partial charge in [0.25, 0.3) is 11.8 Å². The number of aliphatic imine (C=N–C) groups is 1. The van der Waals surface area contributed by atoms with Gasteiger partial charge in [0.05, 0.1) is 12.7 Å². The predicted octanol–water partition coefficient (Wildman–Crippen LogP) is 4.12. The second-order valence-corrected chi connectivity index (χ2v) is 8.63. The van der Waals surface area contributed by atoms with Crippen LogP contribution in [-0.2, 0) is 10.2 Å². The van der Waals surface area contributed by atoms with E-state index in [4.69, 9.17) is 4.74 Å². The molecule has 1 N–H and O–H groups in total. The van der Waals surface area contributed by atoms with Crippen LogP contribution < -0.4 is 10.1 Å². The van der Waals surface area contributed by atoms with E-state index >= 15 is 0 Å². The van der Waals surface area contributed by atoms with Crippen LogP contribution in [0.1, 0.15) is 54.9 Å². The Kier molecular flexibility index (Phi) is 6.58. The molecule has 7 nitrogen and oxygen atoms in total. The van der Waals surface area contributed by atoms with Crippen molar-refractivity contribution < 1.29 is 19.1 Å². The molecule has 4 rings (SSSR count). The summed E-state index contributed by atoms with van der Waals surface area (Å²) < 4.78 is 5.34. The molecule has 0 saturated heterocycles. The normalized spacial score (nSPS) is 22.8. The van der Waals surface area contributed by atoms with Gasteiger partial charge in [-0.05, 0) is 49.8 Å². The molecular formula is C26H29N3O4. The van der Waals surface area contributed by atoms with Crippen molar-refractivity contribution in [1.29, 1.82) is 0 Å². The van der Waals surface area contributed by atoms with E-state index in [1.807, 2.05) is 37.3 Å². The van der Waals surface area contributed by atoms with E-state index in [0.717, 1.165) is 18.4 Å². The van der Waals surface area contributed by atoms with Gasteiger partial charge in [0.1, 0.15) is 11.5 Å². The summed E-state index contributed by atoms with van der Waals surface area (Å²) in [5, 5.41) is 3.11. The number of para-hydroxylation sites is 1. The zero-order chi connectivity index (χ0) is 23.4. The lowest BCUT2D eigenvalue weighted by atomic mass is 9.67. The number of amides is 4. The van der Waals surface area contributed by atoms with Crippen molar-refractivity contribution in [2.75, 3.05) is 13.7 Å². The fourth-order valence-electron chi connectivity index (χ4n) is 4.94. The third kappa shape index (κ3) is 4.40. The van der Waals surface area contributed by atoms with Gasteiger partial charge >= 0.3 is 6.03 Å². The van der Waals surface area contributed by atoms with Crippen LogP contribution in [0.5, 0.6) is 5.75 Å². The quantitative estimate of drug-likeness (QED) is 0.692. The summed E-state index contributed by atoms with van der Waals surface area (Å²) in [4.78, 5) is 43.2. The van der Waals surface area contributed by atoms with Crippen LogP contribution >= 0.6 is 0 Å². The van der Waals surface area contributed by atoms with Crippen molar-refractivity contribution in [2.24, 2.45) is 4.99 Å². The smallest absolute Gasteiger partial charge is 0.351 e. The highest BCUT2D eigenvalue weighted by Gasteiger charge is 2.43. The van der Waals surface area contributed by atoms with Crippen LogP contribution in [0.3, 0.4) is 0 Å². The summed E-state index contributed by atoms with van der Waals surface area (Å²) in [5.41, 5.74) is 1.70. The lowest BCUT2D eigenvalue weighted by molar-refractivity contribution is -0.123. The molecule has 0 bridgehead atoms. The minimum absolute atomic E-state index is 0.167. The van der Waals surface area contributed by atoms with Crippen LogP contribution in [-0.4, -0.2) is 48.2 Å². The Morgan fingerprint density at radius 2 is 1.76 bits per heavy atom. The number of urea groups is 1. The zero-order valence-electron chi connectivity index (χ0n) is 19.0. The molecule has 1 saturated carbocycles. The van der Waals surface area contributed by atoms with Gasteiger partial charge in [0.15, 0.2) is 0 Å². The molecule has 0 aromatic heterocycles. The van der Waals surface area contributed by atoms with E-state index in [0.29, 0.717) is 42.8 Å². The molecule has 33 heavy (non-hydrogen) atoms. The van der Waals surface area contributed by atoms with Crippen molar-refractivity contribution in [1.82, 2.24) is 10.2 Å². The summed E-state index contributed by atoms with van der Waals surface area (Å²) in [6, 6.07) is 16.7. The average molecular weight is 448 g/mol. The fourth-order valence-corrected chi connectivity index (χ4v) is 4.94. The molecule has 0 radical (unpaired) electrons. The minimum atomic E-state index is -0.446. The first kappa shape index (κ1) is 22.7. The maximum Gasteiger partial charge on any atom is 0.351 e. The maximum absolute atomic E-state index is 13.0. The first-order chi connectivity index (χ1) is 16.0. The third-order valence-electron chi connectivity index (χ3n) is 6.84. The Morgan fingerprint density at radius 3 is 2.39 bits per heavy atom. The van der Waals surface area contributed by atoms with Gasteiger partial charge < -0.3 is 10.1 Å². The molecule has 1 fully saturated rings. The van der Waals surface area contributed by atoms with Crippen molar-refractivity contribution in [3.8, 4) is 5.75 Å². The van der Waals surface area contributed by atoms with E-state index in [-0.39, 0.29) is 23.3 Å². The number of hydrogen-bond acceptors (Lipinski definition) is 4. The van der Waals surface area contributed by atoms with E-state index in [1.165, 1.54) is 4.90 Å². The highest BCUT2D eigenvalue weighted by atomic mass is 16.5. The highest BCUT2D eigenvalue weighted by Crippen LogP contribution is 2.41. The number of nitrogens with zero attached hydrogens (tertiary/aromatic N) is 2. The number of hydrogen-bond donors (Lipinski definition) is 1. The van der Waals surface area contributed by atoms with Crippen molar-refractivity contribution >= 4 is 23.6 Å². The Morgan fingerprint density at radius 1 is 1.09 bits per heavy atom. The maximum atomic E-state index is 13.0. The van der Waals surface area contributed by atoms with Crippen molar-refractivity contribution in [3.63, 3.8) is 0 Å². The van der Waals surface area contributed by atoms with Gasteiger partial charge in [-0.3, -0.25) is 14.5 Å². The number of carbonyl (C=O) groups excluding carboxylic acids is 3. The van der Waals surface area contributed by atoms with Crippen LogP contribution in [0.25, 0.3) is 0 Å². The Labute approximate surface area is 193 Å². The molecule has 1 aliphatic carbocycles. The molecule has 2 aromatic rings. The first-order valence-electron chi connectivity index (χ1n) is 11.4. The monoisotopic (exact) mass is 447 g/mol. The Balaban J connectivity index is 1.51. The Bertz CT molecular complexity index is 1070. The number of rotatable bonds is 7. The second kappa shape index (κ2) is 9.57. The molecule has 172 valence electrons. The summed E-state index contributed by atoms with van der Waals surface area (Å²) in [5.74, 6) is 0.0882. The zero-order valence-corrected chi connectivity index (χ0v) is 19.0. The van der Waals surface area contributed by atoms with Gasteiger partial charge in [-0.15, -0.1) is 0 Å². The molecule has 0 spiro atoms. The molecule has 2 aromatic carbocycles. The summed E-state index contributed by atoms with van der Waals surface area (Å²) in [6.07, 6.45) is 3.28. The van der Waals surface area contributed by atoms with Crippen molar-refractivity contribution in [2.45, 2.75) is 50.5 Å². The average Bonchev–Trinajstić information content (AvgIpc) is 3.16. The number of nitrogens with one attached hydrogen (secondary N) is 1. The molecule has 0 unspecified atom stereocenters. The number of carbonyl (C=O) groups is 3. The third-order valence-corrected chi connectivity index (χ3v) is 6.84. The molecule has 4 amide bonds. The summed E-state index contributed by atoms with van der Waals surface area (Å²) in [6.45, 7) is 2.29. The van der Waals surface area contributed by atoms with Crippen LogP contribution in [0.15, 0.2) is 59.6 Å². The lowest BCUT2D eigenvalue weighted by Gasteiger charge is -2.42. The molecule has 1 aliphatic heterocycles. The molecule has 2 aliphatic rings. The number of ether oxygens (including phenoxy) is 1. The van der Waals surface area contributed by atoms with E-state index in [9.17, 15) is 14.4 Å². The highest BCUT2D eigenvalue weighted by molar-refractivity contribution is 6.46. The molecule has 0 atom stereocenters. The largest absolute Gasteiger partial charge is 0.496 e. The van der Waals surface area contributed by atoms with E-state index in [2.05, 4.69) is 22.4 Å². The van der Waals surface area contributed by atoms with Crippen LogP contribution in [0.2, 0.25) is 0 Å². The van der Waals surface area contributed by atoms with Gasteiger partial charge in [0.2, 0.25) is 0 Å². The lowest BCUT2D eigenvalue weighted by Crippen LogP contribution is -2.49. The van der Waals surface area contributed by atoms with E-state index < -0.39 is 6.03 Å². The van der Waals surface area contributed by atoms with Gasteiger partial charge in [0, 0.05) is 18.0 Å².